The highest BCUT2D eigenvalue weighted by Crippen LogP contribution is 2.19. The van der Waals surface area contributed by atoms with Crippen molar-refractivity contribution in [3.63, 3.8) is 0 Å². The molecule has 0 saturated carbocycles. The van der Waals surface area contributed by atoms with Gasteiger partial charge in [-0.25, -0.2) is 0 Å². The van der Waals surface area contributed by atoms with Crippen molar-refractivity contribution in [1.82, 2.24) is 0 Å². The number of halogens is 1. The van der Waals surface area contributed by atoms with Crippen molar-refractivity contribution >= 4 is 11.6 Å². The molecule has 0 fully saturated rings. The number of hydrogen-bond donors (Lipinski definition) is 0. The summed E-state index contributed by atoms with van der Waals surface area (Å²) in [6, 6.07) is 8.32. The van der Waals surface area contributed by atoms with Gasteiger partial charge >= 0.3 is 0 Å². The first-order valence-electron chi connectivity index (χ1n) is 4.08. The lowest BCUT2D eigenvalue weighted by Crippen LogP contribution is -1.85. The molecule has 64 valence electrons. The molecule has 12 heavy (non-hydrogen) atoms. The van der Waals surface area contributed by atoms with E-state index >= 15 is 0 Å². The minimum atomic E-state index is 0.0998. The molecule has 1 aromatic rings. The lowest BCUT2D eigenvalue weighted by molar-refractivity contribution is 1.08. The van der Waals surface area contributed by atoms with E-state index in [9.17, 15) is 0 Å². The second kappa shape index (κ2) is 4.32. The van der Waals surface area contributed by atoms with Gasteiger partial charge in [0, 0.05) is 0 Å². The third kappa shape index (κ3) is 2.38. The van der Waals surface area contributed by atoms with Crippen LogP contribution in [0.25, 0.3) is 0 Å². The Morgan fingerprint density at radius 3 is 2.42 bits per heavy atom. The molecule has 0 aliphatic carbocycles. The maximum atomic E-state index is 5.91. The Hall–Kier alpha value is -0.750. The molecule has 1 heteroatoms. The molecule has 0 bridgehead atoms. The van der Waals surface area contributed by atoms with Crippen LogP contribution in [-0.4, -0.2) is 0 Å². The van der Waals surface area contributed by atoms with Crippen molar-refractivity contribution in [1.29, 1.82) is 0 Å². The first-order chi connectivity index (χ1) is 5.74. The Balaban J connectivity index is 2.78. The number of benzene rings is 1. The van der Waals surface area contributed by atoms with E-state index in [0.717, 1.165) is 6.42 Å². The minimum Gasteiger partial charge on any atom is -0.118 e. The molecular formula is C11H13Cl. The maximum Gasteiger partial charge on any atom is 0.0557 e. The molecule has 0 aliphatic heterocycles. The summed E-state index contributed by atoms with van der Waals surface area (Å²) in [5, 5.41) is 0.0998. The smallest absolute Gasteiger partial charge is 0.0557 e. The van der Waals surface area contributed by atoms with Crippen LogP contribution in [0.3, 0.4) is 0 Å². The van der Waals surface area contributed by atoms with E-state index in [-0.39, 0.29) is 5.38 Å². The Labute approximate surface area is 78.9 Å². The molecule has 1 unspecified atom stereocenters. The van der Waals surface area contributed by atoms with Crippen LogP contribution in [0.4, 0.5) is 0 Å². The maximum absolute atomic E-state index is 5.91. The molecule has 0 nitrogen and oxygen atoms in total. The number of alkyl halides is 1. The molecular weight excluding hydrogens is 168 g/mol. The number of hydrogen-bond acceptors (Lipinski definition) is 0. The fraction of sp³-hybridized carbons (Fsp3) is 0.273. The van der Waals surface area contributed by atoms with Gasteiger partial charge in [0.15, 0.2) is 0 Å². The minimum absolute atomic E-state index is 0.0998. The largest absolute Gasteiger partial charge is 0.118 e. The van der Waals surface area contributed by atoms with Crippen molar-refractivity contribution < 1.29 is 0 Å². The van der Waals surface area contributed by atoms with Crippen LogP contribution in [-0.2, 0) is 6.42 Å². The first kappa shape index (κ1) is 9.34. The zero-order valence-corrected chi connectivity index (χ0v) is 8.01. The lowest BCUT2D eigenvalue weighted by Gasteiger charge is -2.03. The van der Waals surface area contributed by atoms with Gasteiger partial charge in [-0.15, -0.1) is 18.2 Å². The fourth-order valence-corrected chi connectivity index (χ4v) is 1.23. The molecule has 0 amide bonds. The summed E-state index contributed by atoms with van der Waals surface area (Å²) in [5.41, 5.74) is 2.45. The summed E-state index contributed by atoms with van der Waals surface area (Å²) in [5.74, 6) is 0. The van der Waals surface area contributed by atoms with E-state index in [0.29, 0.717) is 0 Å². The molecule has 0 aromatic heterocycles. The van der Waals surface area contributed by atoms with Gasteiger partial charge in [-0.1, -0.05) is 30.3 Å². The van der Waals surface area contributed by atoms with Crippen LogP contribution < -0.4 is 0 Å². The van der Waals surface area contributed by atoms with E-state index in [1.165, 1.54) is 11.1 Å². The van der Waals surface area contributed by atoms with Crippen molar-refractivity contribution in [3.05, 3.63) is 48.0 Å². The molecule has 0 aliphatic rings. The van der Waals surface area contributed by atoms with E-state index in [1.807, 2.05) is 13.0 Å². The topological polar surface area (TPSA) is 0 Å². The Kier molecular flexibility index (Phi) is 3.36. The molecule has 0 heterocycles. The second-order valence-electron chi connectivity index (χ2n) is 2.85. The van der Waals surface area contributed by atoms with Crippen LogP contribution in [0.2, 0.25) is 0 Å². The van der Waals surface area contributed by atoms with Gasteiger partial charge in [-0.05, 0) is 24.5 Å². The van der Waals surface area contributed by atoms with Crippen LogP contribution in [0.15, 0.2) is 36.9 Å². The first-order valence-corrected chi connectivity index (χ1v) is 4.51. The fourth-order valence-electron chi connectivity index (χ4n) is 1.09. The monoisotopic (exact) mass is 180 g/mol. The van der Waals surface area contributed by atoms with E-state index in [1.54, 1.807) is 0 Å². The Bertz CT molecular complexity index is 246. The van der Waals surface area contributed by atoms with Gasteiger partial charge in [0.2, 0.25) is 0 Å². The van der Waals surface area contributed by atoms with Gasteiger partial charge in [0.05, 0.1) is 5.38 Å². The standard InChI is InChI=1S/C11H13Cl/c1-3-4-10-5-7-11(8-6-10)9(2)12/h3,5-9H,1,4H2,2H3. The molecule has 1 aromatic carbocycles. The van der Waals surface area contributed by atoms with Gasteiger partial charge in [-0.3, -0.25) is 0 Å². The summed E-state index contributed by atoms with van der Waals surface area (Å²) in [6.45, 7) is 5.66. The second-order valence-corrected chi connectivity index (χ2v) is 3.51. The highest BCUT2D eigenvalue weighted by Gasteiger charge is 1.99. The SMILES string of the molecule is C=CCc1ccc(C(C)Cl)cc1. The van der Waals surface area contributed by atoms with E-state index in [2.05, 4.69) is 30.8 Å². The highest BCUT2D eigenvalue weighted by molar-refractivity contribution is 6.20. The molecule has 1 rings (SSSR count). The summed E-state index contributed by atoms with van der Waals surface area (Å²) < 4.78 is 0. The predicted molar refractivity (Wildman–Crippen MR) is 54.6 cm³/mol. The zero-order chi connectivity index (χ0) is 8.97. The molecule has 0 N–H and O–H groups in total. The van der Waals surface area contributed by atoms with Crippen LogP contribution >= 0.6 is 11.6 Å². The quantitative estimate of drug-likeness (QED) is 0.492. The van der Waals surface area contributed by atoms with Crippen molar-refractivity contribution in [2.75, 3.05) is 0 Å². The normalized spacial score (nSPS) is 12.5. The Morgan fingerprint density at radius 1 is 1.42 bits per heavy atom. The van der Waals surface area contributed by atoms with Crippen LogP contribution in [0.5, 0.6) is 0 Å². The molecule has 1 atom stereocenters. The Morgan fingerprint density at radius 2 is 2.00 bits per heavy atom. The van der Waals surface area contributed by atoms with Gasteiger partial charge in [0.25, 0.3) is 0 Å². The van der Waals surface area contributed by atoms with Crippen LogP contribution in [0.1, 0.15) is 23.4 Å². The molecule has 0 spiro atoms. The van der Waals surface area contributed by atoms with Crippen molar-refractivity contribution in [2.45, 2.75) is 18.7 Å². The molecule has 0 saturated heterocycles. The van der Waals surface area contributed by atoms with Crippen molar-refractivity contribution in [2.24, 2.45) is 0 Å². The summed E-state index contributed by atoms with van der Waals surface area (Å²) in [7, 11) is 0. The van der Waals surface area contributed by atoms with Gasteiger partial charge < -0.3 is 0 Å². The summed E-state index contributed by atoms with van der Waals surface area (Å²) in [6.07, 6.45) is 2.83. The van der Waals surface area contributed by atoms with Crippen molar-refractivity contribution in [3.8, 4) is 0 Å². The van der Waals surface area contributed by atoms with Gasteiger partial charge in [-0.2, -0.15) is 0 Å². The van der Waals surface area contributed by atoms with E-state index < -0.39 is 0 Å². The summed E-state index contributed by atoms with van der Waals surface area (Å²) in [4.78, 5) is 0. The number of allylic oxidation sites excluding steroid dienone is 1. The van der Waals surface area contributed by atoms with Gasteiger partial charge in [0.1, 0.15) is 0 Å². The predicted octanol–water partition coefficient (Wildman–Crippen LogP) is 3.71. The van der Waals surface area contributed by atoms with Crippen LogP contribution in [0, 0.1) is 0 Å². The molecule has 0 radical (unpaired) electrons. The average Bonchev–Trinajstić information content (AvgIpc) is 2.06. The highest BCUT2D eigenvalue weighted by atomic mass is 35.5. The summed E-state index contributed by atoms with van der Waals surface area (Å²) >= 11 is 5.91. The lowest BCUT2D eigenvalue weighted by atomic mass is 10.1. The van der Waals surface area contributed by atoms with E-state index in [4.69, 9.17) is 11.6 Å². The third-order valence-corrected chi connectivity index (χ3v) is 2.07. The average molecular weight is 181 g/mol. The number of rotatable bonds is 3. The zero-order valence-electron chi connectivity index (χ0n) is 7.26. The third-order valence-electron chi connectivity index (χ3n) is 1.82.